The van der Waals surface area contributed by atoms with Crippen LogP contribution in [0.5, 0.6) is 11.5 Å². The maximum atomic E-state index is 12.4. The van der Waals surface area contributed by atoms with Crippen molar-refractivity contribution in [1.29, 1.82) is 0 Å². The van der Waals surface area contributed by atoms with Gasteiger partial charge in [-0.1, -0.05) is 11.8 Å². The summed E-state index contributed by atoms with van der Waals surface area (Å²) >= 11 is 2.98. The van der Waals surface area contributed by atoms with E-state index in [0.29, 0.717) is 11.4 Å². The van der Waals surface area contributed by atoms with Crippen LogP contribution >= 0.6 is 23.1 Å². The van der Waals surface area contributed by atoms with E-state index in [4.69, 9.17) is 9.47 Å². The molecule has 3 aromatic rings. The molecule has 2 aromatic heterocycles. The van der Waals surface area contributed by atoms with Gasteiger partial charge in [0, 0.05) is 30.0 Å². The van der Waals surface area contributed by atoms with Gasteiger partial charge in [-0.15, -0.1) is 11.3 Å². The first-order chi connectivity index (χ1) is 13.2. The van der Waals surface area contributed by atoms with Crippen molar-refractivity contribution in [3.8, 4) is 11.5 Å². The molecule has 2 aliphatic rings. The first-order valence-corrected chi connectivity index (χ1v) is 10.7. The zero-order valence-corrected chi connectivity index (χ0v) is 16.1. The van der Waals surface area contributed by atoms with Gasteiger partial charge in [0.15, 0.2) is 11.5 Å². The SMILES string of the molecule is O=C(CSc1ncnc2sccc12)Nc1ccc2c(c1)OC1(CCCC1)O2. The molecule has 1 fully saturated rings. The molecule has 1 spiro atoms. The Labute approximate surface area is 164 Å². The van der Waals surface area contributed by atoms with Gasteiger partial charge in [0.2, 0.25) is 5.91 Å². The molecule has 6 nitrogen and oxygen atoms in total. The van der Waals surface area contributed by atoms with E-state index in [0.717, 1.165) is 46.7 Å². The smallest absolute Gasteiger partial charge is 0.251 e. The third-order valence-electron chi connectivity index (χ3n) is 4.75. The second kappa shape index (κ2) is 6.69. The van der Waals surface area contributed by atoms with E-state index in [1.165, 1.54) is 18.1 Å². The fraction of sp³-hybridized carbons (Fsp3) is 0.316. The van der Waals surface area contributed by atoms with E-state index in [9.17, 15) is 4.79 Å². The van der Waals surface area contributed by atoms with Crippen LogP contribution in [0.1, 0.15) is 25.7 Å². The summed E-state index contributed by atoms with van der Waals surface area (Å²) < 4.78 is 12.1. The largest absolute Gasteiger partial charge is 0.448 e. The lowest BCUT2D eigenvalue weighted by Crippen LogP contribution is -2.34. The first kappa shape index (κ1) is 16.8. The maximum absolute atomic E-state index is 12.4. The first-order valence-electron chi connectivity index (χ1n) is 8.84. The Morgan fingerprint density at radius 1 is 1.19 bits per heavy atom. The normalized spacial score (nSPS) is 16.9. The Morgan fingerprint density at radius 2 is 2.04 bits per heavy atom. The van der Waals surface area contributed by atoms with Crippen molar-refractivity contribution in [3.05, 3.63) is 36.0 Å². The van der Waals surface area contributed by atoms with Gasteiger partial charge >= 0.3 is 0 Å². The second-order valence-electron chi connectivity index (χ2n) is 6.64. The lowest BCUT2D eigenvalue weighted by molar-refractivity contribution is -0.113. The van der Waals surface area contributed by atoms with Gasteiger partial charge in [-0.05, 0) is 36.4 Å². The van der Waals surface area contributed by atoms with Gasteiger partial charge < -0.3 is 14.8 Å². The molecule has 3 heterocycles. The summed E-state index contributed by atoms with van der Waals surface area (Å²) in [6.45, 7) is 0. The third-order valence-corrected chi connectivity index (χ3v) is 6.58. The summed E-state index contributed by atoms with van der Waals surface area (Å²) in [7, 11) is 0. The Morgan fingerprint density at radius 3 is 2.93 bits per heavy atom. The average Bonchev–Trinajstić information content (AvgIpc) is 3.39. The molecular weight excluding hydrogens is 382 g/mol. The molecule has 0 atom stereocenters. The zero-order chi connectivity index (χ0) is 18.3. The van der Waals surface area contributed by atoms with Crippen LogP contribution in [0.25, 0.3) is 10.2 Å². The summed E-state index contributed by atoms with van der Waals surface area (Å²) in [6, 6.07) is 7.54. The van der Waals surface area contributed by atoms with Gasteiger partial charge in [-0.25, -0.2) is 9.97 Å². The highest BCUT2D eigenvalue weighted by molar-refractivity contribution is 8.00. The number of anilines is 1. The molecule has 8 heteroatoms. The number of carbonyl (C=O) groups excluding carboxylic acids is 1. The van der Waals surface area contributed by atoms with E-state index in [2.05, 4.69) is 15.3 Å². The zero-order valence-electron chi connectivity index (χ0n) is 14.4. The van der Waals surface area contributed by atoms with Crippen molar-refractivity contribution in [3.63, 3.8) is 0 Å². The monoisotopic (exact) mass is 399 g/mol. The molecule has 1 amide bonds. The van der Waals surface area contributed by atoms with Crippen LogP contribution in [-0.2, 0) is 4.79 Å². The molecule has 0 radical (unpaired) electrons. The number of rotatable bonds is 4. The minimum atomic E-state index is -0.486. The van der Waals surface area contributed by atoms with Crippen molar-refractivity contribution in [2.24, 2.45) is 0 Å². The number of benzene rings is 1. The molecule has 27 heavy (non-hydrogen) atoms. The van der Waals surface area contributed by atoms with Crippen LogP contribution in [0, 0.1) is 0 Å². The Balaban J connectivity index is 1.24. The van der Waals surface area contributed by atoms with Crippen LogP contribution in [-0.4, -0.2) is 27.4 Å². The number of thioether (sulfide) groups is 1. The van der Waals surface area contributed by atoms with E-state index in [1.807, 2.05) is 29.6 Å². The molecule has 5 rings (SSSR count). The van der Waals surface area contributed by atoms with Crippen molar-refractivity contribution in [2.75, 3.05) is 11.1 Å². The summed E-state index contributed by atoms with van der Waals surface area (Å²) in [6.07, 6.45) is 5.60. The molecule has 1 saturated carbocycles. The quantitative estimate of drug-likeness (QED) is 0.516. The summed E-state index contributed by atoms with van der Waals surface area (Å²) in [5, 5.41) is 6.72. The summed E-state index contributed by atoms with van der Waals surface area (Å²) in [5.41, 5.74) is 0.710. The van der Waals surface area contributed by atoms with Gasteiger partial charge in [0.25, 0.3) is 5.79 Å². The molecule has 1 aromatic carbocycles. The van der Waals surface area contributed by atoms with Gasteiger partial charge in [0.1, 0.15) is 16.2 Å². The number of ether oxygens (including phenoxy) is 2. The molecule has 1 N–H and O–H groups in total. The molecule has 0 saturated heterocycles. The number of carbonyl (C=O) groups is 1. The minimum Gasteiger partial charge on any atom is -0.448 e. The van der Waals surface area contributed by atoms with E-state index in [1.54, 1.807) is 11.3 Å². The Kier molecular flexibility index (Phi) is 4.17. The van der Waals surface area contributed by atoms with E-state index in [-0.39, 0.29) is 11.7 Å². The van der Waals surface area contributed by atoms with Gasteiger partial charge in [-0.3, -0.25) is 4.79 Å². The molecule has 0 bridgehead atoms. The topological polar surface area (TPSA) is 73.3 Å². The Hall–Kier alpha value is -2.32. The van der Waals surface area contributed by atoms with Crippen molar-refractivity contribution < 1.29 is 14.3 Å². The summed E-state index contributed by atoms with van der Waals surface area (Å²) in [4.78, 5) is 21.8. The number of thiophene rings is 1. The van der Waals surface area contributed by atoms with Crippen LogP contribution in [0.3, 0.4) is 0 Å². The van der Waals surface area contributed by atoms with Crippen LogP contribution in [0.15, 0.2) is 41.0 Å². The molecule has 1 aliphatic carbocycles. The molecular formula is C19H17N3O3S2. The Bertz CT molecular complexity index is 1010. The molecule has 138 valence electrons. The standard InChI is InChI=1S/C19H17N3O3S2/c23-16(10-27-18-13-5-8-26-17(13)20-11-21-18)22-12-3-4-14-15(9-12)25-19(24-14)6-1-2-7-19/h3-5,8-9,11H,1-2,6-7,10H2,(H,22,23). The summed E-state index contributed by atoms with van der Waals surface area (Å²) in [5.74, 6) is 1.17. The number of hydrogen-bond donors (Lipinski definition) is 1. The highest BCUT2D eigenvalue weighted by Gasteiger charge is 2.44. The van der Waals surface area contributed by atoms with Gasteiger partial charge in [0.05, 0.1) is 5.75 Å². The maximum Gasteiger partial charge on any atom is 0.251 e. The highest BCUT2D eigenvalue weighted by Crippen LogP contribution is 2.47. The van der Waals surface area contributed by atoms with Crippen molar-refractivity contribution in [2.45, 2.75) is 36.5 Å². The van der Waals surface area contributed by atoms with Gasteiger partial charge in [-0.2, -0.15) is 0 Å². The lowest BCUT2D eigenvalue weighted by atomic mass is 10.2. The van der Waals surface area contributed by atoms with Crippen molar-refractivity contribution in [1.82, 2.24) is 9.97 Å². The third kappa shape index (κ3) is 3.23. The number of fused-ring (bicyclic) bond motifs is 2. The predicted molar refractivity (Wildman–Crippen MR) is 106 cm³/mol. The van der Waals surface area contributed by atoms with Crippen LogP contribution in [0.4, 0.5) is 5.69 Å². The van der Waals surface area contributed by atoms with Crippen molar-refractivity contribution >= 4 is 44.9 Å². The molecule has 0 unspecified atom stereocenters. The number of nitrogens with one attached hydrogen (secondary N) is 1. The number of nitrogens with zero attached hydrogens (tertiary/aromatic N) is 2. The van der Waals surface area contributed by atoms with E-state index >= 15 is 0 Å². The fourth-order valence-corrected chi connectivity index (χ4v) is 5.08. The van der Waals surface area contributed by atoms with E-state index < -0.39 is 5.79 Å². The fourth-order valence-electron chi connectivity index (χ4n) is 3.50. The second-order valence-corrected chi connectivity index (χ2v) is 8.50. The lowest BCUT2D eigenvalue weighted by Gasteiger charge is -2.21. The number of amides is 1. The van der Waals surface area contributed by atoms with Crippen LogP contribution < -0.4 is 14.8 Å². The average molecular weight is 399 g/mol. The molecule has 1 aliphatic heterocycles. The highest BCUT2D eigenvalue weighted by atomic mass is 32.2. The van der Waals surface area contributed by atoms with Crippen LogP contribution in [0.2, 0.25) is 0 Å². The minimum absolute atomic E-state index is 0.0866. The number of hydrogen-bond acceptors (Lipinski definition) is 7. The number of aromatic nitrogens is 2. The predicted octanol–water partition coefficient (Wildman–Crippen LogP) is 4.46.